The van der Waals surface area contributed by atoms with Gasteiger partial charge in [0.05, 0.1) is 13.2 Å². The molecule has 20 heavy (non-hydrogen) atoms. The van der Waals surface area contributed by atoms with Crippen LogP contribution in [0.25, 0.3) is 0 Å². The SMILES string of the molecule is O=C(CN1CC(=O)N2CCCCC2C1=O)C1CCOC1. The maximum atomic E-state index is 12.4. The molecule has 0 aromatic rings. The predicted molar refractivity (Wildman–Crippen MR) is 69.9 cm³/mol. The zero-order valence-electron chi connectivity index (χ0n) is 11.5. The molecular weight excluding hydrogens is 260 g/mol. The van der Waals surface area contributed by atoms with Gasteiger partial charge < -0.3 is 14.5 Å². The Morgan fingerprint density at radius 3 is 2.85 bits per heavy atom. The van der Waals surface area contributed by atoms with Crippen molar-refractivity contribution in [1.29, 1.82) is 0 Å². The minimum absolute atomic E-state index is 0.0212. The van der Waals surface area contributed by atoms with E-state index in [0.717, 1.165) is 25.7 Å². The second-order valence-electron chi connectivity index (χ2n) is 5.82. The maximum Gasteiger partial charge on any atom is 0.246 e. The summed E-state index contributed by atoms with van der Waals surface area (Å²) in [6.07, 6.45) is 3.39. The number of hydrogen-bond acceptors (Lipinski definition) is 4. The average molecular weight is 280 g/mol. The summed E-state index contributed by atoms with van der Waals surface area (Å²) in [6, 6.07) is -0.336. The van der Waals surface area contributed by atoms with Gasteiger partial charge in [0.1, 0.15) is 12.6 Å². The van der Waals surface area contributed by atoms with Crippen molar-refractivity contribution in [2.24, 2.45) is 5.92 Å². The van der Waals surface area contributed by atoms with Crippen molar-refractivity contribution in [2.75, 3.05) is 32.8 Å². The summed E-state index contributed by atoms with van der Waals surface area (Å²) in [7, 11) is 0. The van der Waals surface area contributed by atoms with Crippen LogP contribution >= 0.6 is 0 Å². The van der Waals surface area contributed by atoms with Gasteiger partial charge in [-0.05, 0) is 25.7 Å². The molecule has 6 heteroatoms. The predicted octanol–water partition coefficient (Wildman–Crippen LogP) is -0.185. The fraction of sp³-hybridized carbons (Fsp3) is 0.786. The van der Waals surface area contributed by atoms with Crippen molar-refractivity contribution in [3.05, 3.63) is 0 Å². The minimum Gasteiger partial charge on any atom is -0.381 e. The molecule has 0 radical (unpaired) electrons. The van der Waals surface area contributed by atoms with E-state index < -0.39 is 0 Å². The van der Waals surface area contributed by atoms with Crippen molar-refractivity contribution in [2.45, 2.75) is 31.7 Å². The van der Waals surface area contributed by atoms with Crippen molar-refractivity contribution in [3.8, 4) is 0 Å². The molecular formula is C14H20N2O4. The lowest BCUT2D eigenvalue weighted by atomic mass is 9.97. The minimum atomic E-state index is -0.336. The number of piperazine rings is 1. The monoisotopic (exact) mass is 280 g/mol. The summed E-state index contributed by atoms with van der Waals surface area (Å²) in [5, 5.41) is 0. The highest BCUT2D eigenvalue weighted by Crippen LogP contribution is 2.23. The van der Waals surface area contributed by atoms with Gasteiger partial charge in [0.2, 0.25) is 11.8 Å². The topological polar surface area (TPSA) is 66.9 Å². The van der Waals surface area contributed by atoms with Crippen LogP contribution in [0.1, 0.15) is 25.7 Å². The lowest BCUT2D eigenvalue weighted by Gasteiger charge is -2.42. The van der Waals surface area contributed by atoms with Gasteiger partial charge in [-0.3, -0.25) is 14.4 Å². The Kier molecular flexibility index (Phi) is 3.74. The number of nitrogens with zero attached hydrogens (tertiary/aromatic N) is 2. The van der Waals surface area contributed by atoms with Crippen LogP contribution < -0.4 is 0 Å². The number of hydrogen-bond donors (Lipinski definition) is 0. The fourth-order valence-corrected chi connectivity index (χ4v) is 3.27. The number of rotatable bonds is 3. The highest BCUT2D eigenvalue weighted by atomic mass is 16.5. The van der Waals surface area contributed by atoms with Gasteiger partial charge in [-0.2, -0.15) is 0 Å². The van der Waals surface area contributed by atoms with E-state index in [1.165, 1.54) is 4.90 Å². The quantitative estimate of drug-likeness (QED) is 0.719. The molecule has 3 heterocycles. The summed E-state index contributed by atoms with van der Waals surface area (Å²) >= 11 is 0. The highest BCUT2D eigenvalue weighted by molar-refractivity contribution is 5.97. The average Bonchev–Trinajstić information content (AvgIpc) is 2.99. The molecule has 0 spiro atoms. The van der Waals surface area contributed by atoms with Crippen LogP contribution in [-0.2, 0) is 19.1 Å². The number of Topliss-reactive ketones (excluding diaryl/α,β-unsaturated/α-hetero) is 1. The Balaban J connectivity index is 1.66. The number of carbonyl (C=O) groups excluding carboxylic acids is 3. The molecule has 2 unspecified atom stereocenters. The summed E-state index contributed by atoms with van der Waals surface area (Å²) in [4.78, 5) is 39.7. The number of amides is 2. The molecule has 0 bridgehead atoms. The fourth-order valence-electron chi connectivity index (χ4n) is 3.27. The van der Waals surface area contributed by atoms with Crippen LogP contribution in [0.5, 0.6) is 0 Å². The highest BCUT2D eigenvalue weighted by Gasteiger charge is 2.41. The van der Waals surface area contributed by atoms with Gasteiger partial charge in [-0.15, -0.1) is 0 Å². The summed E-state index contributed by atoms with van der Waals surface area (Å²) in [5.41, 5.74) is 0. The number of ether oxygens (including phenoxy) is 1. The summed E-state index contributed by atoms with van der Waals surface area (Å²) < 4.78 is 5.20. The Morgan fingerprint density at radius 2 is 2.10 bits per heavy atom. The molecule has 3 fully saturated rings. The summed E-state index contributed by atoms with van der Waals surface area (Å²) in [6.45, 7) is 1.84. The molecule has 2 amide bonds. The van der Waals surface area contributed by atoms with Gasteiger partial charge in [0.25, 0.3) is 0 Å². The first-order valence-corrected chi connectivity index (χ1v) is 7.35. The van der Waals surface area contributed by atoms with E-state index in [1.54, 1.807) is 4.90 Å². The normalized spacial score (nSPS) is 30.6. The molecule has 0 aliphatic carbocycles. The smallest absolute Gasteiger partial charge is 0.246 e. The Hall–Kier alpha value is -1.43. The number of carbonyl (C=O) groups is 3. The third-order valence-electron chi connectivity index (χ3n) is 4.48. The third kappa shape index (κ3) is 2.44. The molecule has 3 saturated heterocycles. The first-order chi connectivity index (χ1) is 9.66. The van der Waals surface area contributed by atoms with Crippen LogP contribution in [0.3, 0.4) is 0 Å². The zero-order valence-corrected chi connectivity index (χ0v) is 11.5. The van der Waals surface area contributed by atoms with Crippen molar-refractivity contribution in [1.82, 2.24) is 9.80 Å². The van der Waals surface area contributed by atoms with Gasteiger partial charge in [0, 0.05) is 19.1 Å². The van der Waals surface area contributed by atoms with Crippen molar-refractivity contribution >= 4 is 17.6 Å². The van der Waals surface area contributed by atoms with Gasteiger partial charge in [-0.25, -0.2) is 0 Å². The van der Waals surface area contributed by atoms with E-state index in [-0.39, 0.29) is 42.6 Å². The van der Waals surface area contributed by atoms with Crippen molar-refractivity contribution < 1.29 is 19.1 Å². The van der Waals surface area contributed by atoms with Crippen LogP contribution in [0, 0.1) is 5.92 Å². The second kappa shape index (κ2) is 5.52. The van der Waals surface area contributed by atoms with E-state index in [2.05, 4.69) is 0 Å². The van der Waals surface area contributed by atoms with E-state index in [0.29, 0.717) is 19.8 Å². The molecule has 110 valence electrons. The molecule has 0 N–H and O–H groups in total. The van der Waals surface area contributed by atoms with Gasteiger partial charge in [0.15, 0.2) is 5.78 Å². The van der Waals surface area contributed by atoms with Crippen molar-refractivity contribution in [3.63, 3.8) is 0 Å². The third-order valence-corrected chi connectivity index (χ3v) is 4.48. The lowest BCUT2D eigenvalue weighted by molar-refractivity contribution is -0.158. The Morgan fingerprint density at radius 1 is 1.25 bits per heavy atom. The van der Waals surface area contributed by atoms with E-state index in [9.17, 15) is 14.4 Å². The molecule has 3 aliphatic rings. The molecule has 0 aromatic carbocycles. The summed E-state index contributed by atoms with van der Waals surface area (Å²) in [5.74, 6) is -0.170. The van der Waals surface area contributed by atoms with Gasteiger partial charge >= 0.3 is 0 Å². The number of piperidine rings is 1. The largest absolute Gasteiger partial charge is 0.381 e. The molecule has 2 atom stereocenters. The zero-order chi connectivity index (χ0) is 14.1. The first kappa shape index (κ1) is 13.5. The molecule has 0 aromatic heterocycles. The van der Waals surface area contributed by atoms with Crippen LogP contribution in [0.2, 0.25) is 0 Å². The maximum absolute atomic E-state index is 12.4. The number of fused-ring (bicyclic) bond motifs is 1. The molecule has 6 nitrogen and oxygen atoms in total. The number of ketones is 1. The van der Waals surface area contributed by atoms with Crippen LogP contribution in [0.4, 0.5) is 0 Å². The molecule has 3 rings (SSSR count). The van der Waals surface area contributed by atoms with E-state index >= 15 is 0 Å². The van der Waals surface area contributed by atoms with Gasteiger partial charge in [-0.1, -0.05) is 0 Å². The van der Waals surface area contributed by atoms with Crippen LogP contribution in [0.15, 0.2) is 0 Å². The van der Waals surface area contributed by atoms with E-state index in [1.807, 2.05) is 0 Å². The Labute approximate surface area is 118 Å². The van der Waals surface area contributed by atoms with Crippen LogP contribution in [-0.4, -0.2) is 66.3 Å². The first-order valence-electron chi connectivity index (χ1n) is 7.35. The Bertz CT molecular complexity index is 431. The molecule has 3 aliphatic heterocycles. The lowest BCUT2D eigenvalue weighted by Crippen LogP contribution is -2.62. The van der Waals surface area contributed by atoms with E-state index in [4.69, 9.17) is 4.74 Å². The standard InChI is InChI=1S/C14H20N2O4/c17-12(10-4-6-20-9-10)7-15-8-13(18)16-5-2-1-3-11(16)14(15)19/h10-11H,1-9H2. The molecule has 0 saturated carbocycles. The second-order valence-corrected chi connectivity index (χ2v) is 5.82.